The third-order valence-electron chi connectivity index (χ3n) is 3.13. The third-order valence-corrected chi connectivity index (χ3v) is 3.13. The molecule has 3 atom stereocenters. The molecule has 0 amide bonds. The molecule has 3 fully saturated rings. The molecule has 0 radical (unpaired) electrons. The van der Waals surface area contributed by atoms with E-state index < -0.39 is 11.5 Å². The minimum atomic E-state index is -0.672. The summed E-state index contributed by atoms with van der Waals surface area (Å²) in [4.78, 5) is 10.7. The minimum absolute atomic E-state index is 0. The number of aliphatic carboxylic acids is 1. The fourth-order valence-corrected chi connectivity index (χ4v) is 2.17. The second-order valence-electron chi connectivity index (χ2n) is 3.41. The van der Waals surface area contributed by atoms with Crippen LogP contribution in [0.15, 0.2) is 0 Å². The van der Waals surface area contributed by atoms with Crippen molar-refractivity contribution in [3.63, 3.8) is 0 Å². The van der Waals surface area contributed by atoms with Gasteiger partial charge in [-0.3, -0.25) is 4.79 Å². The van der Waals surface area contributed by atoms with Gasteiger partial charge in [0.2, 0.25) is 0 Å². The van der Waals surface area contributed by atoms with E-state index in [4.69, 9.17) is 5.11 Å². The zero-order valence-corrected chi connectivity index (χ0v) is 7.15. The van der Waals surface area contributed by atoms with Crippen molar-refractivity contribution in [3.05, 3.63) is 0 Å². The Morgan fingerprint density at radius 1 is 1.73 bits per heavy atom. The molecule has 3 aliphatic rings. The van der Waals surface area contributed by atoms with Crippen LogP contribution in [-0.2, 0) is 4.79 Å². The third kappa shape index (κ3) is 0.811. The maximum absolute atomic E-state index is 10.7. The number of hydrogen-bond acceptors (Lipinski definition) is 2. The average Bonchev–Trinajstić information content (AvgIpc) is 2.41. The largest absolute Gasteiger partial charge is 0.480 e. The molecule has 2 N–H and O–H groups in total. The monoisotopic (exact) mass is 177 g/mol. The number of hydrogen-bond donors (Lipinski definition) is 2. The molecule has 2 saturated heterocycles. The smallest absolute Gasteiger partial charge is 0.324 e. The Bertz CT molecular complexity index is 193. The molecule has 2 aliphatic heterocycles. The molecule has 0 unspecified atom stereocenters. The molecule has 1 saturated carbocycles. The summed E-state index contributed by atoms with van der Waals surface area (Å²) >= 11 is 0. The molecule has 2 heterocycles. The Hall–Kier alpha value is -0.280. The zero-order valence-electron chi connectivity index (χ0n) is 6.33. The van der Waals surface area contributed by atoms with Crippen LogP contribution in [0.2, 0.25) is 0 Å². The highest BCUT2D eigenvalue weighted by Gasteiger charge is 2.61. The van der Waals surface area contributed by atoms with Crippen LogP contribution >= 0.6 is 12.4 Å². The molecule has 0 spiro atoms. The van der Waals surface area contributed by atoms with Crippen molar-refractivity contribution < 1.29 is 9.90 Å². The van der Waals surface area contributed by atoms with Crippen molar-refractivity contribution >= 4 is 18.4 Å². The van der Waals surface area contributed by atoms with Gasteiger partial charge in [0.25, 0.3) is 0 Å². The molecule has 11 heavy (non-hydrogen) atoms. The fraction of sp³-hybridized carbons (Fsp3) is 0.857. The lowest BCUT2D eigenvalue weighted by atomic mass is 9.64. The van der Waals surface area contributed by atoms with Crippen LogP contribution in [-0.4, -0.2) is 23.2 Å². The van der Waals surface area contributed by atoms with Gasteiger partial charge in [-0.2, -0.15) is 0 Å². The van der Waals surface area contributed by atoms with Gasteiger partial charge in [-0.25, -0.2) is 0 Å². The van der Waals surface area contributed by atoms with Crippen LogP contribution in [0.5, 0.6) is 0 Å². The number of rotatable bonds is 1. The first-order chi connectivity index (χ1) is 4.67. The van der Waals surface area contributed by atoms with E-state index in [0.717, 1.165) is 13.0 Å². The molecule has 3 nitrogen and oxygen atoms in total. The van der Waals surface area contributed by atoms with E-state index >= 15 is 0 Å². The number of fused-ring (bicyclic) bond motifs is 1. The van der Waals surface area contributed by atoms with Crippen molar-refractivity contribution in [2.75, 3.05) is 6.54 Å². The summed E-state index contributed by atoms with van der Waals surface area (Å²) in [7, 11) is 0. The Morgan fingerprint density at radius 2 is 2.36 bits per heavy atom. The van der Waals surface area contributed by atoms with E-state index in [1.165, 1.54) is 0 Å². The van der Waals surface area contributed by atoms with Gasteiger partial charge in [-0.15, -0.1) is 12.4 Å². The van der Waals surface area contributed by atoms with Gasteiger partial charge in [0.1, 0.15) is 5.54 Å². The van der Waals surface area contributed by atoms with E-state index in [9.17, 15) is 4.79 Å². The van der Waals surface area contributed by atoms with E-state index in [1.807, 2.05) is 6.92 Å². The molecule has 64 valence electrons. The molecule has 4 heteroatoms. The maximum atomic E-state index is 10.7. The molecule has 0 aromatic heterocycles. The van der Waals surface area contributed by atoms with Crippen LogP contribution in [0.25, 0.3) is 0 Å². The molecule has 1 aliphatic carbocycles. The van der Waals surface area contributed by atoms with Crippen molar-refractivity contribution in [1.29, 1.82) is 0 Å². The van der Waals surface area contributed by atoms with Gasteiger partial charge in [0.15, 0.2) is 0 Å². The van der Waals surface area contributed by atoms with Crippen molar-refractivity contribution in [3.8, 4) is 0 Å². The summed E-state index contributed by atoms with van der Waals surface area (Å²) in [5.41, 5.74) is -0.537. The SMILES string of the molecule is C[C@@H]1[C@H]2CN[C@@]1(C(=O)O)C2.Cl. The lowest BCUT2D eigenvalue weighted by Crippen LogP contribution is -2.57. The molecule has 3 rings (SSSR count). The first-order valence-corrected chi connectivity index (χ1v) is 3.65. The summed E-state index contributed by atoms with van der Waals surface area (Å²) in [5.74, 6) is 0.287. The van der Waals surface area contributed by atoms with Gasteiger partial charge >= 0.3 is 5.97 Å². The number of halogens is 1. The molecule has 2 bridgehead atoms. The van der Waals surface area contributed by atoms with Crippen molar-refractivity contribution in [2.24, 2.45) is 11.8 Å². The second-order valence-corrected chi connectivity index (χ2v) is 3.41. The summed E-state index contributed by atoms with van der Waals surface area (Å²) < 4.78 is 0. The highest BCUT2D eigenvalue weighted by molar-refractivity contribution is 5.85. The first-order valence-electron chi connectivity index (χ1n) is 3.65. The van der Waals surface area contributed by atoms with Gasteiger partial charge < -0.3 is 10.4 Å². The van der Waals surface area contributed by atoms with E-state index in [0.29, 0.717) is 11.8 Å². The Labute approximate surface area is 71.6 Å². The van der Waals surface area contributed by atoms with E-state index in [2.05, 4.69) is 5.32 Å². The zero-order chi connectivity index (χ0) is 7.35. The number of carbonyl (C=O) groups is 1. The summed E-state index contributed by atoms with van der Waals surface area (Å²) in [5, 5.41) is 11.9. The topological polar surface area (TPSA) is 49.3 Å². The van der Waals surface area contributed by atoms with Crippen LogP contribution in [0.3, 0.4) is 0 Å². The van der Waals surface area contributed by atoms with Crippen LogP contribution in [0.1, 0.15) is 13.3 Å². The van der Waals surface area contributed by atoms with Crippen LogP contribution in [0.4, 0.5) is 0 Å². The highest BCUT2D eigenvalue weighted by Crippen LogP contribution is 2.48. The summed E-state index contributed by atoms with van der Waals surface area (Å²) in [6.07, 6.45) is 0.837. The van der Waals surface area contributed by atoms with Crippen molar-refractivity contribution in [2.45, 2.75) is 18.9 Å². The molecular weight excluding hydrogens is 166 g/mol. The standard InChI is InChI=1S/C7H11NO2.ClH/c1-4-5-2-7(4,6(9)10)8-3-5;/h4-5,8H,2-3H2,1H3,(H,9,10);1H/t4-,5-,7+;/m1./s1. The first kappa shape index (κ1) is 8.81. The Balaban J connectivity index is 0.000000605. The minimum Gasteiger partial charge on any atom is -0.480 e. The Morgan fingerprint density at radius 3 is 2.55 bits per heavy atom. The van der Waals surface area contributed by atoms with Gasteiger partial charge in [-0.05, 0) is 24.8 Å². The van der Waals surface area contributed by atoms with Crippen LogP contribution < -0.4 is 5.32 Å². The van der Waals surface area contributed by atoms with E-state index in [-0.39, 0.29) is 12.4 Å². The fourth-order valence-electron chi connectivity index (χ4n) is 2.17. The summed E-state index contributed by atoms with van der Waals surface area (Å²) in [6.45, 7) is 2.91. The lowest BCUT2D eigenvalue weighted by molar-refractivity contribution is -0.150. The summed E-state index contributed by atoms with van der Waals surface area (Å²) in [6, 6.07) is 0. The lowest BCUT2D eigenvalue weighted by Gasteiger charge is -2.40. The molecular formula is C7H12ClNO2. The van der Waals surface area contributed by atoms with E-state index in [1.54, 1.807) is 0 Å². The maximum Gasteiger partial charge on any atom is 0.324 e. The molecule has 0 aromatic carbocycles. The van der Waals surface area contributed by atoms with Gasteiger partial charge in [0.05, 0.1) is 0 Å². The predicted octanol–water partition coefficient (Wildman–Crippen LogP) is 0.491. The predicted molar refractivity (Wildman–Crippen MR) is 42.9 cm³/mol. The quantitative estimate of drug-likeness (QED) is 0.613. The normalized spacial score (nSPS) is 45.9. The number of nitrogens with one attached hydrogen (secondary N) is 1. The van der Waals surface area contributed by atoms with Crippen molar-refractivity contribution in [1.82, 2.24) is 5.32 Å². The molecule has 0 aromatic rings. The van der Waals surface area contributed by atoms with Gasteiger partial charge in [0, 0.05) is 0 Å². The average molecular weight is 178 g/mol. The van der Waals surface area contributed by atoms with Crippen LogP contribution in [0, 0.1) is 11.8 Å². The number of carboxylic acids is 1. The highest BCUT2D eigenvalue weighted by atomic mass is 35.5. The Kier molecular flexibility index (Phi) is 1.89. The van der Waals surface area contributed by atoms with Gasteiger partial charge in [-0.1, -0.05) is 6.92 Å². The number of carboxylic acid groups (broad SMARTS) is 1. The second kappa shape index (κ2) is 2.35.